The Labute approximate surface area is 133 Å². The van der Waals surface area contributed by atoms with Gasteiger partial charge >= 0.3 is 0 Å². The molecule has 116 valence electrons. The van der Waals surface area contributed by atoms with Crippen molar-refractivity contribution in [3.8, 4) is 0 Å². The van der Waals surface area contributed by atoms with Crippen LogP contribution < -0.4 is 5.32 Å². The zero-order valence-electron chi connectivity index (χ0n) is 13.1. The van der Waals surface area contributed by atoms with Crippen LogP contribution in [0.25, 0.3) is 0 Å². The van der Waals surface area contributed by atoms with Crippen LogP contribution in [-0.2, 0) is 4.74 Å². The summed E-state index contributed by atoms with van der Waals surface area (Å²) in [4.78, 5) is 0. The predicted molar refractivity (Wildman–Crippen MR) is 90.9 cm³/mol. The Balaban J connectivity index is 1.59. The number of ether oxygens (including phenoxy) is 1. The first-order chi connectivity index (χ1) is 10.9. The molecule has 0 atom stereocenters. The van der Waals surface area contributed by atoms with E-state index in [1.165, 1.54) is 36.8 Å². The van der Waals surface area contributed by atoms with Crippen LogP contribution in [-0.4, -0.2) is 19.2 Å². The first kappa shape index (κ1) is 15.3. The summed E-state index contributed by atoms with van der Waals surface area (Å²) in [6.07, 6.45) is 5.40. The second kappa shape index (κ2) is 8.11. The topological polar surface area (TPSA) is 21.3 Å². The smallest absolute Gasteiger partial charge is 0.108 e. The van der Waals surface area contributed by atoms with Crippen LogP contribution in [0, 0.1) is 0 Å². The Bertz CT molecular complexity index is 495. The standard InChI is InChI=1S/C20H25NO/c1-3-9-17(10-4-1)20(18-11-5-2-6-12-18)22-16-15-21-19-13-7-8-14-19/h1-6,9-12,19-21H,7-8,13-16H2. The normalized spacial score (nSPS) is 15.5. The monoisotopic (exact) mass is 295 g/mol. The van der Waals surface area contributed by atoms with Gasteiger partial charge in [0.1, 0.15) is 6.10 Å². The SMILES string of the molecule is c1ccc(C(OCCNC2CCCC2)c2ccccc2)cc1. The van der Waals surface area contributed by atoms with Gasteiger partial charge in [-0.05, 0) is 24.0 Å². The summed E-state index contributed by atoms with van der Waals surface area (Å²) < 4.78 is 6.21. The maximum absolute atomic E-state index is 6.21. The lowest BCUT2D eigenvalue weighted by molar-refractivity contribution is 0.0806. The summed E-state index contributed by atoms with van der Waals surface area (Å²) >= 11 is 0. The van der Waals surface area contributed by atoms with Crippen LogP contribution in [0.15, 0.2) is 60.7 Å². The van der Waals surface area contributed by atoms with Crippen molar-refractivity contribution >= 4 is 0 Å². The highest BCUT2D eigenvalue weighted by atomic mass is 16.5. The maximum atomic E-state index is 6.21. The van der Waals surface area contributed by atoms with Gasteiger partial charge in [-0.1, -0.05) is 73.5 Å². The van der Waals surface area contributed by atoms with Gasteiger partial charge in [0.25, 0.3) is 0 Å². The Morgan fingerprint density at radius 1 is 0.864 bits per heavy atom. The lowest BCUT2D eigenvalue weighted by Crippen LogP contribution is -2.29. The molecule has 0 amide bonds. The van der Waals surface area contributed by atoms with Gasteiger partial charge in [-0.3, -0.25) is 0 Å². The zero-order chi connectivity index (χ0) is 15.0. The molecule has 1 N–H and O–H groups in total. The van der Waals surface area contributed by atoms with E-state index in [0.29, 0.717) is 6.04 Å². The van der Waals surface area contributed by atoms with E-state index in [9.17, 15) is 0 Å². The third-order valence-corrected chi connectivity index (χ3v) is 4.38. The zero-order valence-corrected chi connectivity index (χ0v) is 13.1. The van der Waals surface area contributed by atoms with Crippen molar-refractivity contribution in [2.24, 2.45) is 0 Å². The lowest BCUT2D eigenvalue weighted by Gasteiger charge is -2.20. The summed E-state index contributed by atoms with van der Waals surface area (Å²) in [5.74, 6) is 0. The molecule has 1 fully saturated rings. The Hall–Kier alpha value is -1.64. The minimum Gasteiger partial charge on any atom is -0.367 e. The molecule has 2 aromatic rings. The van der Waals surface area contributed by atoms with E-state index < -0.39 is 0 Å². The third kappa shape index (κ3) is 4.19. The number of hydrogen-bond acceptors (Lipinski definition) is 2. The largest absolute Gasteiger partial charge is 0.367 e. The predicted octanol–water partition coefficient (Wildman–Crippen LogP) is 4.32. The van der Waals surface area contributed by atoms with Crippen LogP contribution in [0.3, 0.4) is 0 Å². The molecular weight excluding hydrogens is 270 g/mol. The fourth-order valence-corrected chi connectivity index (χ4v) is 3.21. The molecule has 2 nitrogen and oxygen atoms in total. The van der Waals surface area contributed by atoms with E-state index in [4.69, 9.17) is 4.74 Å². The van der Waals surface area contributed by atoms with Crippen LogP contribution >= 0.6 is 0 Å². The van der Waals surface area contributed by atoms with Gasteiger partial charge in [-0.15, -0.1) is 0 Å². The van der Waals surface area contributed by atoms with E-state index in [0.717, 1.165) is 13.2 Å². The molecule has 1 saturated carbocycles. The second-order valence-electron chi connectivity index (χ2n) is 6.01. The first-order valence-electron chi connectivity index (χ1n) is 8.38. The molecule has 0 aromatic heterocycles. The van der Waals surface area contributed by atoms with Gasteiger partial charge in [0, 0.05) is 12.6 Å². The van der Waals surface area contributed by atoms with E-state index in [2.05, 4.69) is 53.8 Å². The Morgan fingerprint density at radius 3 is 1.95 bits per heavy atom. The fraction of sp³-hybridized carbons (Fsp3) is 0.400. The Kier molecular flexibility index (Phi) is 5.63. The van der Waals surface area contributed by atoms with Crippen molar-refractivity contribution in [2.75, 3.05) is 13.2 Å². The minimum atomic E-state index is 0.0211. The van der Waals surface area contributed by atoms with E-state index in [1.807, 2.05) is 12.1 Å². The molecule has 0 saturated heterocycles. The summed E-state index contributed by atoms with van der Waals surface area (Å²) in [6, 6.07) is 21.7. The quantitative estimate of drug-likeness (QED) is 0.768. The van der Waals surface area contributed by atoms with Gasteiger partial charge in [-0.2, -0.15) is 0 Å². The molecular formula is C20H25NO. The van der Waals surface area contributed by atoms with Crippen LogP contribution in [0.1, 0.15) is 42.9 Å². The molecule has 0 heterocycles. The number of benzene rings is 2. The molecule has 0 bridgehead atoms. The fourth-order valence-electron chi connectivity index (χ4n) is 3.21. The van der Waals surface area contributed by atoms with Crippen molar-refractivity contribution < 1.29 is 4.74 Å². The van der Waals surface area contributed by atoms with Gasteiger partial charge in [0.15, 0.2) is 0 Å². The van der Waals surface area contributed by atoms with Gasteiger partial charge in [-0.25, -0.2) is 0 Å². The van der Waals surface area contributed by atoms with Gasteiger partial charge < -0.3 is 10.1 Å². The molecule has 1 aliphatic rings. The van der Waals surface area contributed by atoms with E-state index in [1.54, 1.807) is 0 Å². The number of hydrogen-bond donors (Lipinski definition) is 1. The van der Waals surface area contributed by atoms with Gasteiger partial charge in [0.05, 0.1) is 6.61 Å². The molecule has 0 unspecified atom stereocenters. The lowest BCUT2D eigenvalue weighted by atomic mass is 10.0. The highest BCUT2D eigenvalue weighted by molar-refractivity contribution is 5.29. The van der Waals surface area contributed by atoms with Crippen LogP contribution in [0.5, 0.6) is 0 Å². The molecule has 0 spiro atoms. The highest BCUT2D eigenvalue weighted by Crippen LogP contribution is 2.25. The van der Waals surface area contributed by atoms with Gasteiger partial charge in [0.2, 0.25) is 0 Å². The van der Waals surface area contributed by atoms with Crippen LogP contribution in [0.4, 0.5) is 0 Å². The van der Waals surface area contributed by atoms with Crippen molar-refractivity contribution in [1.29, 1.82) is 0 Å². The molecule has 3 rings (SSSR count). The Morgan fingerprint density at radius 2 is 1.41 bits per heavy atom. The average Bonchev–Trinajstić information content (AvgIpc) is 3.10. The number of rotatable bonds is 7. The minimum absolute atomic E-state index is 0.0211. The van der Waals surface area contributed by atoms with Crippen molar-refractivity contribution in [3.63, 3.8) is 0 Å². The molecule has 0 aliphatic heterocycles. The second-order valence-corrected chi connectivity index (χ2v) is 6.01. The molecule has 0 radical (unpaired) electrons. The maximum Gasteiger partial charge on any atom is 0.108 e. The summed E-state index contributed by atoms with van der Waals surface area (Å²) in [6.45, 7) is 1.67. The van der Waals surface area contributed by atoms with Crippen molar-refractivity contribution in [2.45, 2.75) is 37.8 Å². The number of nitrogens with one attached hydrogen (secondary N) is 1. The molecule has 2 heteroatoms. The molecule has 1 aliphatic carbocycles. The van der Waals surface area contributed by atoms with E-state index in [-0.39, 0.29) is 6.10 Å². The van der Waals surface area contributed by atoms with Crippen LogP contribution in [0.2, 0.25) is 0 Å². The van der Waals surface area contributed by atoms with Crippen molar-refractivity contribution in [3.05, 3.63) is 71.8 Å². The highest BCUT2D eigenvalue weighted by Gasteiger charge is 2.16. The first-order valence-corrected chi connectivity index (χ1v) is 8.38. The molecule has 2 aromatic carbocycles. The summed E-state index contributed by atoms with van der Waals surface area (Å²) in [5, 5.41) is 3.61. The third-order valence-electron chi connectivity index (χ3n) is 4.38. The van der Waals surface area contributed by atoms with Crippen molar-refractivity contribution in [1.82, 2.24) is 5.32 Å². The average molecular weight is 295 g/mol. The summed E-state index contributed by atoms with van der Waals surface area (Å²) in [7, 11) is 0. The van der Waals surface area contributed by atoms with E-state index >= 15 is 0 Å². The summed E-state index contributed by atoms with van der Waals surface area (Å²) in [5.41, 5.74) is 2.43. The molecule has 22 heavy (non-hydrogen) atoms.